The van der Waals surface area contributed by atoms with Crippen LogP contribution in [0.5, 0.6) is 0 Å². The van der Waals surface area contributed by atoms with Crippen LogP contribution >= 0.6 is 0 Å². The Morgan fingerprint density at radius 3 is 2.31 bits per heavy atom. The van der Waals surface area contributed by atoms with E-state index in [4.69, 9.17) is 9.05 Å². The molecule has 0 aliphatic heterocycles. The number of amides is 1. The highest BCUT2D eigenvalue weighted by Gasteiger charge is 2.37. The van der Waals surface area contributed by atoms with E-state index in [0.717, 1.165) is 11.1 Å². The molecule has 4 aromatic heterocycles. The Morgan fingerprint density at radius 1 is 0.862 bits per heavy atom. The molecule has 3 atom stereocenters. The molecule has 1 amide bonds. The van der Waals surface area contributed by atoms with Gasteiger partial charge in [-0.05, 0) is 50.7 Å². The molecule has 304 valence electrons. The zero-order chi connectivity index (χ0) is 40.8. The van der Waals surface area contributed by atoms with Crippen molar-refractivity contribution < 1.29 is 35.8 Å². The number of aromatic nitrogens is 8. The van der Waals surface area contributed by atoms with Crippen molar-refractivity contribution in [1.82, 2.24) is 50.9 Å². The standard InChI is InChI=1S/C38H42N10O8S2/c1-22(57(2,51)52)33-20-39-45-48(33)29-16-27(17-29)41-38(50)35-19-31(44-56-35)25-11-7-8-23(12-25)13-36(58(3,53)54)32-21-47(46-42-32)28-14-26(15-28)40-37(49)34-18-30(43-55-34)24-9-5-4-6-10-24/h4-12,18-22,26-29,36,38,41,50H,13-17H2,1-3H3,(H,40,49)/t22?,26-,27-,28-,29-,36?,38?. The molecule has 3 N–H and O–H groups in total. The minimum atomic E-state index is -3.62. The summed E-state index contributed by atoms with van der Waals surface area (Å²) in [6, 6.07) is 19.6. The molecule has 18 nitrogen and oxygen atoms in total. The second kappa shape index (κ2) is 15.6. The van der Waals surface area contributed by atoms with Gasteiger partial charge in [0.05, 0.1) is 30.2 Å². The van der Waals surface area contributed by atoms with E-state index in [1.165, 1.54) is 18.7 Å². The largest absolute Gasteiger partial charge is 0.371 e. The number of nitrogens with zero attached hydrogens (tertiary/aromatic N) is 8. The fraction of sp³-hybridized carbons (Fsp3) is 0.395. The van der Waals surface area contributed by atoms with E-state index >= 15 is 0 Å². The summed E-state index contributed by atoms with van der Waals surface area (Å²) in [5, 5.41) is 40.0. The first kappa shape index (κ1) is 39.3. The monoisotopic (exact) mass is 830 g/mol. The van der Waals surface area contributed by atoms with Crippen LogP contribution in [0.4, 0.5) is 0 Å². The molecule has 58 heavy (non-hydrogen) atoms. The van der Waals surface area contributed by atoms with Crippen molar-refractivity contribution in [2.24, 2.45) is 0 Å². The fourth-order valence-corrected chi connectivity index (χ4v) is 8.95. The quantitative estimate of drug-likeness (QED) is 0.125. The van der Waals surface area contributed by atoms with Crippen LogP contribution in [0.1, 0.15) is 94.7 Å². The number of hydrogen-bond acceptors (Lipinski definition) is 15. The molecule has 2 aromatic carbocycles. The van der Waals surface area contributed by atoms with E-state index < -0.39 is 36.4 Å². The predicted octanol–water partition coefficient (Wildman–Crippen LogP) is 3.73. The summed E-state index contributed by atoms with van der Waals surface area (Å²) in [5.74, 6) is -0.0421. The number of aliphatic hydroxyl groups excluding tert-OH is 1. The van der Waals surface area contributed by atoms with E-state index in [1.54, 1.807) is 40.7 Å². The maximum atomic E-state index is 13.1. The molecule has 6 aromatic rings. The molecule has 8 rings (SSSR count). The highest BCUT2D eigenvalue weighted by atomic mass is 32.2. The number of rotatable bonds is 15. The molecule has 2 saturated carbocycles. The SMILES string of the molecule is CC(c1cnnn1[C@H]1C[C@H](NC(O)c2cc(-c3cccc(CC(c4cn([C@H]5C[C@H](NC(=O)c6cc(-c7ccccc7)no6)C5)nn4)S(C)(=O)=O)c3)no2)C1)S(C)(=O)=O. The topological polar surface area (TPSA) is 243 Å². The van der Waals surface area contributed by atoms with Crippen molar-refractivity contribution >= 4 is 25.6 Å². The fourth-order valence-electron chi connectivity index (χ4n) is 7.30. The Morgan fingerprint density at radius 2 is 1.57 bits per heavy atom. The van der Waals surface area contributed by atoms with E-state index in [-0.39, 0.29) is 48.0 Å². The first-order chi connectivity index (χ1) is 27.7. The van der Waals surface area contributed by atoms with Crippen molar-refractivity contribution in [1.29, 1.82) is 0 Å². The van der Waals surface area contributed by atoms with Crippen LogP contribution in [0.25, 0.3) is 22.5 Å². The van der Waals surface area contributed by atoms with Gasteiger partial charge in [0.2, 0.25) is 5.76 Å². The molecule has 0 bridgehead atoms. The van der Waals surface area contributed by atoms with Gasteiger partial charge < -0.3 is 19.5 Å². The van der Waals surface area contributed by atoms with Gasteiger partial charge in [-0.1, -0.05) is 69.3 Å². The lowest BCUT2D eigenvalue weighted by Crippen LogP contribution is -2.45. The van der Waals surface area contributed by atoms with Crippen LogP contribution in [0.15, 0.2) is 88.2 Å². The zero-order valence-corrected chi connectivity index (χ0v) is 33.4. The van der Waals surface area contributed by atoms with Crippen LogP contribution in [-0.2, 0) is 26.1 Å². The van der Waals surface area contributed by atoms with Crippen molar-refractivity contribution in [3.05, 3.63) is 108 Å². The van der Waals surface area contributed by atoms with Crippen LogP contribution in [-0.4, -0.2) is 92.7 Å². The lowest BCUT2D eigenvalue weighted by Gasteiger charge is -2.37. The lowest BCUT2D eigenvalue weighted by molar-refractivity contribution is 0.0618. The Kier molecular flexibility index (Phi) is 10.6. The van der Waals surface area contributed by atoms with E-state index in [0.29, 0.717) is 54.0 Å². The third kappa shape index (κ3) is 8.36. The van der Waals surface area contributed by atoms with Gasteiger partial charge in [0.25, 0.3) is 5.91 Å². The third-order valence-electron chi connectivity index (χ3n) is 11.0. The number of aliphatic hydroxyl groups is 1. The van der Waals surface area contributed by atoms with Crippen LogP contribution in [0.3, 0.4) is 0 Å². The summed E-state index contributed by atoms with van der Waals surface area (Å²) in [4.78, 5) is 12.8. The smallest absolute Gasteiger partial charge is 0.290 e. The molecule has 2 aliphatic rings. The Labute approximate surface area is 333 Å². The number of sulfone groups is 2. The van der Waals surface area contributed by atoms with E-state index in [1.807, 2.05) is 48.5 Å². The van der Waals surface area contributed by atoms with Gasteiger partial charge in [0, 0.05) is 47.9 Å². The molecule has 3 unspecified atom stereocenters. The second-order valence-corrected chi connectivity index (χ2v) is 19.8. The normalized spacial score (nSPS) is 21.1. The van der Waals surface area contributed by atoms with Crippen LogP contribution < -0.4 is 10.6 Å². The molecule has 4 heterocycles. The number of hydrogen-bond donors (Lipinski definition) is 3. The number of benzene rings is 2. The third-order valence-corrected chi connectivity index (χ3v) is 13.9. The van der Waals surface area contributed by atoms with E-state index in [9.17, 15) is 26.7 Å². The molecule has 2 aliphatic carbocycles. The van der Waals surface area contributed by atoms with Crippen LogP contribution in [0, 0.1) is 0 Å². The summed E-state index contributed by atoms with van der Waals surface area (Å²) in [6.07, 6.45) is 6.83. The Bertz CT molecular complexity index is 2630. The number of carbonyl (C=O) groups is 1. The molecule has 0 saturated heterocycles. The molecule has 2 fully saturated rings. The van der Waals surface area contributed by atoms with E-state index in [2.05, 4.69) is 41.6 Å². The number of carbonyl (C=O) groups excluding carboxylic acids is 1. The van der Waals surface area contributed by atoms with Crippen molar-refractivity contribution in [2.45, 2.75) is 79.9 Å². The first-order valence-electron chi connectivity index (χ1n) is 18.7. The van der Waals surface area contributed by atoms with Gasteiger partial charge in [-0.15, -0.1) is 10.2 Å². The van der Waals surface area contributed by atoms with Gasteiger partial charge in [0.15, 0.2) is 31.7 Å². The summed E-state index contributed by atoms with van der Waals surface area (Å²) in [5.41, 5.74) is 4.10. The molecule has 20 heteroatoms. The lowest BCUT2D eigenvalue weighted by atomic mass is 9.86. The second-order valence-electron chi connectivity index (χ2n) is 15.2. The highest BCUT2D eigenvalue weighted by molar-refractivity contribution is 7.91. The molecule has 0 radical (unpaired) electrons. The van der Waals surface area contributed by atoms with Crippen molar-refractivity contribution in [3.8, 4) is 22.5 Å². The number of nitrogens with one attached hydrogen (secondary N) is 2. The van der Waals surface area contributed by atoms with Crippen molar-refractivity contribution in [2.75, 3.05) is 12.5 Å². The van der Waals surface area contributed by atoms with Gasteiger partial charge in [0.1, 0.15) is 27.6 Å². The molecular formula is C38H42N10O8S2. The summed E-state index contributed by atoms with van der Waals surface area (Å²) >= 11 is 0. The summed E-state index contributed by atoms with van der Waals surface area (Å²) in [7, 11) is -6.94. The van der Waals surface area contributed by atoms with Crippen LogP contribution in [0.2, 0.25) is 0 Å². The molecular weight excluding hydrogens is 789 g/mol. The Balaban J connectivity index is 0.855. The van der Waals surface area contributed by atoms with Gasteiger partial charge in [-0.3, -0.25) is 10.1 Å². The highest BCUT2D eigenvalue weighted by Crippen LogP contribution is 2.37. The van der Waals surface area contributed by atoms with Gasteiger partial charge >= 0.3 is 0 Å². The summed E-state index contributed by atoms with van der Waals surface area (Å²) in [6.45, 7) is 1.61. The minimum Gasteiger partial charge on any atom is -0.371 e. The maximum absolute atomic E-state index is 13.1. The first-order valence-corrected chi connectivity index (χ1v) is 22.6. The Hall–Kier alpha value is -5.57. The maximum Gasteiger partial charge on any atom is 0.290 e. The van der Waals surface area contributed by atoms with Crippen molar-refractivity contribution in [3.63, 3.8) is 0 Å². The predicted molar refractivity (Wildman–Crippen MR) is 208 cm³/mol. The zero-order valence-electron chi connectivity index (χ0n) is 31.8. The van der Waals surface area contributed by atoms with Gasteiger partial charge in [-0.2, -0.15) is 0 Å². The van der Waals surface area contributed by atoms with Gasteiger partial charge in [-0.25, -0.2) is 26.2 Å². The molecule has 0 spiro atoms. The average molecular weight is 831 g/mol. The minimum absolute atomic E-state index is 0.0639. The summed E-state index contributed by atoms with van der Waals surface area (Å²) < 4.78 is 64.4. The average Bonchev–Trinajstić information content (AvgIpc) is 4.00.